The molecule has 0 aliphatic rings. The van der Waals surface area contributed by atoms with Crippen molar-refractivity contribution in [1.29, 1.82) is 0 Å². The number of hydrogen-bond donors (Lipinski definition) is 1. The number of anilines is 1. The minimum Gasteiger partial charge on any atom is -0.350 e. The topological polar surface area (TPSA) is 86.8 Å². The van der Waals surface area contributed by atoms with Crippen molar-refractivity contribution in [2.24, 2.45) is 0 Å². The zero-order valence-electron chi connectivity index (χ0n) is 21.3. The molecule has 1 N–H and O–H groups in total. The van der Waals surface area contributed by atoms with Gasteiger partial charge in [0, 0.05) is 30.1 Å². The maximum absolute atomic E-state index is 13.3. The van der Waals surface area contributed by atoms with Gasteiger partial charge >= 0.3 is 0 Å². The van der Waals surface area contributed by atoms with Gasteiger partial charge in [0.05, 0.1) is 11.9 Å². The zero-order valence-corrected chi connectivity index (χ0v) is 22.9. The molecule has 192 valence electrons. The summed E-state index contributed by atoms with van der Waals surface area (Å²) in [5.41, 5.74) is 1.87. The fourth-order valence-electron chi connectivity index (χ4n) is 3.68. The van der Waals surface area contributed by atoms with E-state index in [-0.39, 0.29) is 31.3 Å². The van der Waals surface area contributed by atoms with Gasteiger partial charge in [0.25, 0.3) is 0 Å². The third-order valence-corrected chi connectivity index (χ3v) is 6.78. The SMILES string of the molecule is Cc1cccc(N(CCCC(=O)N(Cc2cccc(Cl)c2)[C@H](C)C(=O)NC(C)(C)C)S(C)(=O)=O)c1. The molecule has 0 saturated heterocycles. The second-order valence-corrected chi connectivity index (χ2v) is 12.2. The van der Waals surface area contributed by atoms with E-state index in [0.717, 1.165) is 17.4 Å². The number of halogens is 1. The standard InChI is InChI=1S/C26H36ClN3O4S/c1-19-10-7-13-23(16-19)30(35(6,33)34)15-9-14-24(31)29(18-21-11-8-12-22(27)17-21)20(2)25(32)28-26(3,4)5/h7-8,10-13,16-17,20H,9,14-15,18H2,1-6H3,(H,28,32)/t20-/m1/s1. The summed E-state index contributed by atoms with van der Waals surface area (Å²) < 4.78 is 26.2. The Bertz CT molecular complexity index is 1150. The molecule has 9 heteroatoms. The summed E-state index contributed by atoms with van der Waals surface area (Å²) in [5, 5.41) is 3.47. The maximum Gasteiger partial charge on any atom is 0.242 e. The minimum atomic E-state index is -3.53. The Morgan fingerprint density at radius 1 is 1.09 bits per heavy atom. The first-order chi connectivity index (χ1) is 16.2. The van der Waals surface area contributed by atoms with Crippen molar-refractivity contribution in [3.8, 4) is 0 Å². The molecule has 0 fully saturated rings. The normalized spacial score (nSPS) is 12.7. The maximum atomic E-state index is 13.3. The fraction of sp³-hybridized carbons (Fsp3) is 0.462. The number of nitrogens with zero attached hydrogens (tertiary/aromatic N) is 2. The van der Waals surface area contributed by atoms with E-state index in [1.165, 1.54) is 9.21 Å². The van der Waals surface area contributed by atoms with Crippen molar-refractivity contribution < 1.29 is 18.0 Å². The van der Waals surface area contributed by atoms with Crippen molar-refractivity contribution in [3.63, 3.8) is 0 Å². The van der Waals surface area contributed by atoms with Crippen LogP contribution in [0.2, 0.25) is 5.02 Å². The molecule has 0 saturated carbocycles. The van der Waals surface area contributed by atoms with Crippen LogP contribution >= 0.6 is 11.6 Å². The molecule has 1 atom stereocenters. The lowest BCUT2D eigenvalue weighted by Crippen LogP contribution is -2.52. The number of aryl methyl sites for hydroxylation is 1. The summed E-state index contributed by atoms with van der Waals surface area (Å²) in [6.07, 6.45) is 1.55. The van der Waals surface area contributed by atoms with E-state index in [1.54, 1.807) is 43.3 Å². The lowest BCUT2D eigenvalue weighted by Gasteiger charge is -2.32. The summed E-state index contributed by atoms with van der Waals surface area (Å²) in [7, 11) is -3.53. The molecule has 0 bridgehead atoms. The van der Waals surface area contributed by atoms with E-state index in [1.807, 2.05) is 39.8 Å². The molecule has 0 unspecified atom stereocenters. The van der Waals surface area contributed by atoms with E-state index < -0.39 is 21.6 Å². The van der Waals surface area contributed by atoms with Crippen LogP contribution in [0.1, 0.15) is 51.7 Å². The van der Waals surface area contributed by atoms with Crippen LogP contribution in [-0.4, -0.2) is 49.5 Å². The van der Waals surface area contributed by atoms with Crippen molar-refractivity contribution >= 4 is 39.1 Å². The van der Waals surface area contributed by atoms with E-state index in [4.69, 9.17) is 11.6 Å². The fourth-order valence-corrected chi connectivity index (χ4v) is 4.85. The smallest absolute Gasteiger partial charge is 0.242 e. The number of carbonyl (C=O) groups is 2. The van der Waals surface area contributed by atoms with Crippen LogP contribution in [0.4, 0.5) is 5.69 Å². The van der Waals surface area contributed by atoms with Crippen molar-refractivity contribution in [2.75, 3.05) is 17.1 Å². The predicted octanol–water partition coefficient (Wildman–Crippen LogP) is 4.53. The summed E-state index contributed by atoms with van der Waals surface area (Å²) in [6.45, 7) is 9.60. The highest BCUT2D eigenvalue weighted by Gasteiger charge is 2.28. The van der Waals surface area contributed by atoms with Crippen LogP contribution < -0.4 is 9.62 Å². The molecule has 2 amide bonds. The molecule has 7 nitrogen and oxygen atoms in total. The van der Waals surface area contributed by atoms with Crippen LogP contribution in [-0.2, 0) is 26.2 Å². The number of carbonyl (C=O) groups excluding carboxylic acids is 2. The monoisotopic (exact) mass is 521 g/mol. The summed E-state index contributed by atoms with van der Waals surface area (Å²) in [5.74, 6) is -0.496. The Morgan fingerprint density at radius 2 is 1.74 bits per heavy atom. The Morgan fingerprint density at radius 3 is 2.31 bits per heavy atom. The number of benzene rings is 2. The predicted molar refractivity (Wildman–Crippen MR) is 142 cm³/mol. The first kappa shape index (κ1) is 28.7. The van der Waals surface area contributed by atoms with Crippen molar-refractivity contribution in [1.82, 2.24) is 10.2 Å². The molecule has 0 radical (unpaired) electrons. The number of hydrogen-bond acceptors (Lipinski definition) is 4. The molecule has 35 heavy (non-hydrogen) atoms. The Kier molecular flexibility index (Phi) is 9.75. The van der Waals surface area contributed by atoms with Crippen LogP contribution in [0, 0.1) is 6.92 Å². The Labute approximate surface area is 214 Å². The number of nitrogens with one attached hydrogen (secondary N) is 1. The first-order valence-electron chi connectivity index (χ1n) is 11.6. The van der Waals surface area contributed by atoms with Gasteiger partial charge in [0.2, 0.25) is 21.8 Å². The highest BCUT2D eigenvalue weighted by atomic mass is 35.5. The van der Waals surface area contributed by atoms with Crippen LogP contribution in [0.5, 0.6) is 0 Å². The quantitative estimate of drug-likeness (QED) is 0.497. The lowest BCUT2D eigenvalue weighted by atomic mass is 10.1. The van der Waals surface area contributed by atoms with E-state index in [0.29, 0.717) is 17.1 Å². The minimum absolute atomic E-state index is 0.0888. The first-order valence-corrected chi connectivity index (χ1v) is 13.8. The molecule has 0 heterocycles. The second kappa shape index (κ2) is 11.9. The van der Waals surface area contributed by atoms with Gasteiger partial charge in [-0.2, -0.15) is 0 Å². The van der Waals surface area contributed by atoms with Gasteiger partial charge in [-0.3, -0.25) is 13.9 Å². The van der Waals surface area contributed by atoms with E-state index >= 15 is 0 Å². The summed E-state index contributed by atoms with van der Waals surface area (Å²) >= 11 is 6.12. The van der Waals surface area contributed by atoms with Gasteiger partial charge in [0.1, 0.15) is 6.04 Å². The average molecular weight is 522 g/mol. The van der Waals surface area contributed by atoms with Crippen LogP contribution in [0.25, 0.3) is 0 Å². The lowest BCUT2D eigenvalue weighted by molar-refractivity contribution is -0.141. The van der Waals surface area contributed by atoms with Crippen LogP contribution in [0.15, 0.2) is 48.5 Å². The average Bonchev–Trinajstić information content (AvgIpc) is 2.72. The molecular formula is C26H36ClN3O4S. The number of amides is 2. The Balaban J connectivity index is 2.19. The van der Waals surface area contributed by atoms with E-state index in [2.05, 4.69) is 5.32 Å². The zero-order chi connectivity index (χ0) is 26.4. The van der Waals surface area contributed by atoms with E-state index in [9.17, 15) is 18.0 Å². The van der Waals surface area contributed by atoms with Crippen LogP contribution in [0.3, 0.4) is 0 Å². The number of rotatable bonds is 10. The van der Waals surface area contributed by atoms with Crippen molar-refractivity contribution in [3.05, 3.63) is 64.7 Å². The third kappa shape index (κ3) is 9.18. The molecule has 2 aromatic carbocycles. The van der Waals surface area contributed by atoms with Gasteiger partial charge in [-0.05, 0) is 76.4 Å². The highest BCUT2D eigenvalue weighted by molar-refractivity contribution is 7.92. The highest BCUT2D eigenvalue weighted by Crippen LogP contribution is 2.21. The number of sulfonamides is 1. The summed E-state index contributed by atoms with van der Waals surface area (Å²) in [4.78, 5) is 27.7. The molecule has 0 spiro atoms. The summed E-state index contributed by atoms with van der Waals surface area (Å²) in [6, 6.07) is 13.7. The van der Waals surface area contributed by atoms with Gasteiger partial charge in [-0.25, -0.2) is 8.42 Å². The third-order valence-electron chi connectivity index (χ3n) is 5.35. The molecule has 0 aromatic heterocycles. The van der Waals surface area contributed by atoms with Crippen molar-refractivity contribution in [2.45, 2.75) is 65.6 Å². The van der Waals surface area contributed by atoms with Gasteiger partial charge in [-0.15, -0.1) is 0 Å². The van der Waals surface area contributed by atoms with Gasteiger partial charge < -0.3 is 10.2 Å². The van der Waals surface area contributed by atoms with Gasteiger partial charge in [-0.1, -0.05) is 35.9 Å². The second-order valence-electron chi connectivity index (χ2n) is 9.84. The molecule has 2 rings (SSSR count). The molecular weight excluding hydrogens is 486 g/mol. The molecule has 2 aromatic rings. The molecule has 0 aliphatic carbocycles. The molecule has 0 aliphatic heterocycles. The van der Waals surface area contributed by atoms with Gasteiger partial charge in [0.15, 0.2) is 0 Å². The largest absolute Gasteiger partial charge is 0.350 e. The Hall–Kier alpha value is -2.58.